The van der Waals surface area contributed by atoms with Crippen molar-refractivity contribution in [2.75, 3.05) is 14.2 Å². The SMILES string of the molecule is CCn1c2ccc(-c3ccc(OC)cc3)cc2c2ccc(-c3ccc(OC)cc3)nc21. The van der Waals surface area contributed by atoms with Crippen LogP contribution < -0.4 is 9.47 Å². The molecule has 0 atom stereocenters. The van der Waals surface area contributed by atoms with E-state index in [1.807, 2.05) is 36.4 Å². The maximum absolute atomic E-state index is 5.29. The fourth-order valence-electron chi connectivity index (χ4n) is 4.17. The first kappa shape index (κ1) is 19.2. The van der Waals surface area contributed by atoms with E-state index in [0.29, 0.717) is 0 Å². The highest BCUT2D eigenvalue weighted by atomic mass is 16.5. The van der Waals surface area contributed by atoms with Crippen molar-refractivity contribution in [3.05, 3.63) is 78.9 Å². The third kappa shape index (κ3) is 3.30. The molecule has 0 radical (unpaired) electrons. The van der Waals surface area contributed by atoms with E-state index in [-0.39, 0.29) is 0 Å². The van der Waals surface area contributed by atoms with Gasteiger partial charge in [0.05, 0.1) is 25.4 Å². The number of rotatable bonds is 5. The number of aromatic nitrogens is 2. The van der Waals surface area contributed by atoms with E-state index in [1.54, 1.807) is 14.2 Å². The minimum Gasteiger partial charge on any atom is -0.497 e. The van der Waals surface area contributed by atoms with Crippen LogP contribution in [0.25, 0.3) is 44.3 Å². The number of hydrogen-bond donors (Lipinski definition) is 0. The molecular formula is C27H24N2O2. The molecule has 2 heterocycles. The van der Waals surface area contributed by atoms with Crippen LogP contribution in [0.2, 0.25) is 0 Å². The van der Waals surface area contributed by atoms with E-state index in [1.165, 1.54) is 27.4 Å². The molecule has 0 saturated heterocycles. The highest BCUT2D eigenvalue weighted by Gasteiger charge is 2.13. The molecule has 0 spiro atoms. The van der Waals surface area contributed by atoms with Gasteiger partial charge in [-0.15, -0.1) is 0 Å². The van der Waals surface area contributed by atoms with E-state index in [9.17, 15) is 0 Å². The minimum absolute atomic E-state index is 0.846. The zero-order chi connectivity index (χ0) is 21.4. The molecule has 5 rings (SSSR count). The molecule has 0 aliphatic carbocycles. The van der Waals surface area contributed by atoms with Crippen molar-refractivity contribution in [3.8, 4) is 33.9 Å². The number of hydrogen-bond acceptors (Lipinski definition) is 3. The second-order valence-electron chi connectivity index (χ2n) is 7.50. The molecule has 2 aromatic heterocycles. The molecular weight excluding hydrogens is 384 g/mol. The predicted molar refractivity (Wildman–Crippen MR) is 127 cm³/mol. The van der Waals surface area contributed by atoms with Gasteiger partial charge in [0.15, 0.2) is 0 Å². The molecule has 0 bridgehead atoms. The highest BCUT2D eigenvalue weighted by molar-refractivity contribution is 6.08. The standard InChI is InChI=1S/C27H24N2O2/c1-4-29-26-16-9-20(18-5-10-21(30-2)11-6-18)17-24(26)23-14-15-25(28-27(23)29)19-7-12-22(31-3)13-8-19/h5-17H,4H2,1-3H3. The normalized spacial score (nSPS) is 11.2. The lowest BCUT2D eigenvalue weighted by Crippen LogP contribution is -1.96. The van der Waals surface area contributed by atoms with Crippen molar-refractivity contribution in [1.82, 2.24) is 9.55 Å². The van der Waals surface area contributed by atoms with Crippen LogP contribution in [0.1, 0.15) is 6.92 Å². The molecule has 0 N–H and O–H groups in total. The summed E-state index contributed by atoms with van der Waals surface area (Å²) >= 11 is 0. The molecule has 0 fully saturated rings. The third-order valence-corrected chi connectivity index (χ3v) is 5.83. The molecule has 3 aromatic carbocycles. The fraction of sp³-hybridized carbons (Fsp3) is 0.148. The second kappa shape index (κ2) is 7.80. The Morgan fingerprint density at radius 3 is 1.90 bits per heavy atom. The largest absolute Gasteiger partial charge is 0.497 e. The molecule has 0 amide bonds. The molecule has 4 heteroatoms. The smallest absolute Gasteiger partial charge is 0.141 e. The van der Waals surface area contributed by atoms with Gasteiger partial charge in [-0.25, -0.2) is 4.98 Å². The number of nitrogens with zero attached hydrogens (tertiary/aromatic N) is 2. The van der Waals surface area contributed by atoms with Gasteiger partial charge in [0, 0.05) is 22.9 Å². The maximum Gasteiger partial charge on any atom is 0.141 e. The molecule has 154 valence electrons. The number of methoxy groups -OCH3 is 2. The van der Waals surface area contributed by atoms with Gasteiger partial charge in [-0.2, -0.15) is 0 Å². The van der Waals surface area contributed by atoms with Crippen LogP contribution in [0.15, 0.2) is 78.9 Å². The van der Waals surface area contributed by atoms with Crippen LogP contribution >= 0.6 is 0 Å². The van der Waals surface area contributed by atoms with Crippen molar-refractivity contribution < 1.29 is 9.47 Å². The average Bonchev–Trinajstić information content (AvgIpc) is 3.16. The molecule has 0 saturated carbocycles. The monoisotopic (exact) mass is 408 g/mol. The molecule has 0 aliphatic rings. The first-order valence-electron chi connectivity index (χ1n) is 10.4. The number of pyridine rings is 1. The number of benzene rings is 3. The molecule has 31 heavy (non-hydrogen) atoms. The van der Waals surface area contributed by atoms with E-state index >= 15 is 0 Å². The highest BCUT2D eigenvalue weighted by Crippen LogP contribution is 2.34. The summed E-state index contributed by atoms with van der Waals surface area (Å²) < 4.78 is 12.9. The van der Waals surface area contributed by atoms with Gasteiger partial charge in [0.25, 0.3) is 0 Å². The summed E-state index contributed by atoms with van der Waals surface area (Å²) in [6.45, 7) is 3.03. The summed E-state index contributed by atoms with van der Waals surface area (Å²) in [6.07, 6.45) is 0. The Kier molecular flexibility index (Phi) is 4.83. The summed E-state index contributed by atoms with van der Waals surface area (Å²) in [7, 11) is 3.37. The summed E-state index contributed by atoms with van der Waals surface area (Å²) in [4.78, 5) is 5.04. The second-order valence-corrected chi connectivity index (χ2v) is 7.50. The van der Waals surface area contributed by atoms with E-state index in [2.05, 4.69) is 54.0 Å². The number of fused-ring (bicyclic) bond motifs is 3. The predicted octanol–water partition coefficient (Wildman–Crippen LogP) is 6.56. The third-order valence-electron chi connectivity index (χ3n) is 5.83. The van der Waals surface area contributed by atoms with E-state index in [0.717, 1.165) is 34.9 Å². The molecule has 4 nitrogen and oxygen atoms in total. The number of ether oxygens (including phenoxy) is 2. The van der Waals surface area contributed by atoms with Crippen molar-refractivity contribution in [3.63, 3.8) is 0 Å². The van der Waals surface area contributed by atoms with Gasteiger partial charge >= 0.3 is 0 Å². The van der Waals surface area contributed by atoms with Gasteiger partial charge < -0.3 is 14.0 Å². The Morgan fingerprint density at radius 2 is 1.29 bits per heavy atom. The summed E-state index contributed by atoms with van der Waals surface area (Å²) in [5.41, 5.74) is 6.61. The first-order valence-corrected chi connectivity index (χ1v) is 10.4. The van der Waals surface area contributed by atoms with Gasteiger partial charge in [-0.3, -0.25) is 0 Å². The van der Waals surface area contributed by atoms with Crippen LogP contribution in [0.3, 0.4) is 0 Å². The van der Waals surface area contributed by atoms with Gasteiger partial charge in [-0.1, -0.05) is 18.2 Å². The lowest BCUT2D eigenvalue weighted by Gasteiger charge is -2.06. The Labute approximate surface area is 181 Å². The van der Waals surface area contributed by atoms with Crippen molar-refractivity contribution in [2.24, 2.45) is 0 Å². The Hall–Kier alpha value is -3.79. The lowest BCUT2D eigenvalue weighted by atomic mass is 10.0. The van der Waals surface area contributed by atoms with Crippen LogP contribution in [-0.4, -0.2) is 23.8 Å². The Bertz CT molecular complexity index is 1370. The van der Waals surface area contributed by atoms with Gasteiger partial charge in [-0.05, 0) is 78.7 Å². The van der Waals surface area contributed by atoms with Crippen LogP contribution in [0.4, 0.5) is 0 Å². The summed E-state index contributed by atoms with van der Waals surface area (Å²) in [5.74, 6) is 1.71. The van der Waals surface area contributed by atoms with Crippen molar-refractivity contribution in [1.29, 1.82) is 0 Å². The van der Waals surface area contributed by atoms with Gasteiger partial charge in [0.1, 0.15) is 17.1 Å². The fourth-order valence-corrected chi connectivity index (χ4v) is 4.17. The zero-order valence-corrected chi connectivity index (χ0v) is 17.9. The first-order chi connectivity index (χ1) is 15.2. The topological polar surface area (TPSA) is 36.3 Å². The van der Waals surface area contributed by atoms with Crippen LogP contribution in [-0.2, 0) is 6.54 Å². The quantitative estimate of drug-likeness (QED) is 0.330. The van der Waals surface area contributed by atoms with E-state index < -0.39 is 0 Å². The van der Waals surface area contributed by atoms with Crippen molar-refractivity contribution in [2.45, 2.75) is 13.5 Å². The lowest BCUT2D eigenvalue weighted by molar-refractivity contribution is 0.415. The van der Waals surface area contributed by atoms with Crippen LogP contribution in [0, 0.1) is 0 Å². The maximum atomic E-state index is 5.29. The van der Waals surface area contributed by atoms with E-state index in [4.69, 9.17) is 14.5 Å². The zero-order valence-electron chi connectivity index (χ0n) is 17.9. The Morgan fingerprint density at radius 1 is 0.677 bits per heavy atom. The van der Waals surface area contributed by atoms with Crippen LogP contribution in [0.5, 0.6) is 11.5 Å². The Balaban J connectivity index is 1.65. The molecule has 5 aromatic rings. The van der Waals surface area contributed by atoms with Gasteiger partial charge in [0.2, 0.25) is 0 Å². The minimum atomic E-state index is 0.846. The average molecular weight is 409 g/mol. The number of aryl methyl sites for hydroxylation is 1. The summed E-state index contributed by atoms with van der Waals surface area (Å²) in [5, 5.41) is 2.39. The molecule has 0 aliphatic heterocycles. The van der Waals surface area contributed by atoms with Crippen molar-refractivity contribution >= 4 is 21.9 Å². The molecule has 0 unspecified atom stereocenters. The summed E-state index contributed by atoms with van der Waals surface area (Å²) in [6, 6.07) is 27.2.